The number of nitrogens with zero attached hydrogens (tertiary/aromatic N) is 4. The van der Waals surface area contributed by atoms with Crippen molar-refractivity contribution in [2.75, 3.05) is 7.11 Å². The van der Waals surface area contributed by atoms with E-state index in [4.69, 9.17) is 10.1 Å². The number of rotatable bonds is 5. The first-order valence-electron chi connectivity index (χ1n) is 9.97. The fraction of sp³-hybridized carbons (Fsp3) is 0.0833. The van der Waals surface area contributed by atoms with Crippen molar-refractivity contribution >= 4 is 39.8 Å². The number of hydrogen-bond donors (Lipinski definition) is 1. The Labute approximate surface area is 189 Å². The van der Waals surface area contributed by atoms with Crippen LogP contribution < -0.4 is 4.74 Å². The van der Waals surface area contributed by atoms with Gasteiger partial charge in [-0.3, -0.25) is 10.2 Å². The number of carbonyl (C=O) groups excluding carboxylic acids is 1. The van der Waals surface area contributed by atoms with Crippen LogP contribution >= 0.6 is 11.8 Å². The molecule has 0 saturated carbocycles. The molecular formula is C24H19N5O2S. The summed E-state index contributed by atoms with van der Waals surface area (Å²) >= 11 is 1.33. The highest BCUT2D eigenvalue weighted by Crippen LogP contribution is 2.30. The van der Waals surface area contributed by atoms with Crippen molar-refractivity contribution in [3.63, 3.8) is 0 Å². The summed E-state index contributed by atoms with van der Waals surface area (Å²) in [7, 11) is 1.62. The van der Waals surface area contributed by atoms with Crippen LogP contribution in [0.1, 0.15) is 11.3 Å². The van der Waals surface area contributed by atoms with Crippen LogP contribution in [-0.4, -0.2) is 38.6 Å². The number of fused-ring (bicyclic) bond motifs is 1. The van der Waals surface area contributed by atoms with Gasteiger partial charge < -0.3 is 9.30 Å². The fourth-order valence-electron chi connectivity index (χ4n) is 3.53. The predicted molar refractivity (Wildman–Crippen MR) is 127 cm³/mol. The second-order valence-corrected chi connectivity index (χ2v) is 8.22. The monoisotopic (exact) mass is 441 g/mol. The van der Waals surface area contributed by atoms with Crippen molar-refractivity contribution in [3.05, 3.63) is 89.8 Å². The summed E-state index contributed by atoms with van der Waals surface area (Å²) in [6, 6.07) is 21.4. The van der Waals surface area contributed by atoms with Crippen LogP contribution in [0.2, 0.25) is 0 Å². The van der Waals surface area contributed by atoms with Crippen LogP contribution in [0.25, 0.3) is 11.8 Å². The number of methoxy groups -OCH3 is 1. The van der Waals surface area contributed by atoms with Gasteiger partial charge in [0.1, 0.15) is 10.8 Å². The minimum atomic E-state index is -0.441. The van der Waals surface area contributed by atoms with E-state index in [0.717, 1.165) is 27.7 Å². The van der Waals surface area contributed by atoms with Crippen molar-refractivity contribution in [1.82, 2.24) is 9.58 Å². The van der Waals surface area contributed by atoms with Crippen molar-refractivity contribution in [2.24, 2.45) is 10.1 Å². The molecule has 0 atom stereocenters. The van der Waals surface area contributed by atoms with Gasteiger partial charge in [0.2, 0.25) is 5.17 Å². The van der Waals surface area contributed by atoms with Gasteiger partial charge in [-0.15, -0.1) is 0 Å². The lowest BCUT2D eigenvalue weighted by Gasteiger charge is -2.20. The standard InChI is InChI=1S/C24H19N5O2S/c1-31-19-11-5-9-17(14-19)28-12-6-10-18(28)15-20-22(25)29-24(26-23(20)30)32-21(27-29)13-16-7-3-2-4-8-16/h2-12,14-15,25H,13H2,1H3/b20-15+,25-22?. The van der Waals surface area contributed by atoms with Gasteiger partial charge in [0.25, 0.3) is 5.91 Å². The maximum Gasteiger partial charge on any atom is 0.283 e. The largest absolute Gasteiger partial charge is 0.497 e. The zero-order valence-electron chi connectivity index (χ0n) is 17.2. The minimum Gasteiger partial charge on any atom is -0.497 e. The Morgan fingerprint density at radius 2 is 1.94 bits per heavy atom. The number of aliphatic imine (C=N–C) groups is 1. The molecule has 5 rings (SSSR count). The quantitative estimate of drug-likeness (QED) is 0.597. The zero-order chi connectivity index (χ0) is 22.1. The Bertz CT molecular complexity index is 1310. The summed E-state index contributed by atoms with van der Waals surface area (Å²) in [4.78, 5) is 17.0. The summed E-state index contributed by atoms with van der Waals surface area (Å²) in [5, 5.41) is 15.8. The third-order valence-corrected chi connectivity index (χ3v) is 6.01. The number of benzene rings is 2. The number of hydrazone groups is 1. The normalized spacial score (nSPS) is 16.8. The zero-order valence-corrected chi connectivity index (χ0v) is 18.0. The van der Waals surface area contributed by atoms with E-state index in [0.29, 0.717) is 11.6 Å². The van der Waals surface area contributed by atoms with Crippen molar-refractivity contribution in [3.8, 4) is 11.4 Å². The highest BCUT2D eigenvalue weighted by atomic mass is 32.2. The van der Waals surface area contributed by atoms with E-state index >= 15 is 0 Å². The Balaban J connectivity index is 1.45. The fourth-order valence-corrected chi connectivity index (χ4v) is 4.45. The number of thioether (sulfide) groups is 1. The number of hydrogen-bond acceptors (Lipinski definition) is 5. The lowest BCUT2D eigenvalue weighted by molar-refractivity contribution is -0.114. The summed E-state index contributed by atoms with van der Waals surface area (Å²) in [6.45, 7) is 0. The van der Waals surface area contributed by atoms with Gasteiger partial charge in [-0.1, -0.05) is 36.4 Å². The minimum absolute atomic E-state index is 0.0222. The Kier molecular flexibility index (Phi) is 5.20. The number of nitrogens with one attached hydrogen (secondary N) is 1. The van der Waals surface area contributed by atoms with Crippen molar-refractivity contribution < 1.29 is 9.53 Å². The van der Waals surface area contributed by atoms with Crippen LogP contribution in [0.15, 0.2) is 88.6 Å². The molecule has 0 aliphatic carbocycles. The molecule has 32 heavy (non-hydrogen) atoms. The summed E-state index contributed by atoms with van der Waals surface area (Å²) < 4.78 is 7.25. The van der Waals surface area contributed by atoms with Crippen LogP contribution in [0.5, 0.6) is 5.75 Å². The average molecular weight is 442 g/mol. The smallest absolute Gasteiger partial charge is 0.283 e. The molecule has 8 heteroatoms. The molecule has 0 fully saturated rings. The predicted octanol–water partition coefficient (Wildman–Crippen LogP) is 4.35. The summed E-state index contributed by atoms with van der Waals surface area (Å²) in [5.74, 6) is 0.317. The molecule has 1 N–H and O–H groups in total. The molecule has 2 aliphatic rings. The molecule has 0 saturated heterocycles. The van der Waals surface area contributed by atoms with Crippen LogP contribution in [0.3, 0.4) is 0 Å². The average Bonchev–Trinajstić information content (AvgIpc) is 3.44. The van der Waals surface area contributed by atoms with Crippen molar-refractivity contribution in [1.29, 1.82) is 5.41 Å². The number of amides is 1. The van der Waals surface area contributed by atoms with Gasteiger partial charge in [0.15, 0.2) is 5.84 Å². The molecule has 0 spiro atoms. The van der Waals surface area contributed by atoms with Gasteiger partial charge in [-0.25, -0.2) is 0 Å². The lowest BCUT2D eigenvalue weighted by Crippen LogP contribution is -2.35. The second kappa shape index (κ2) is 8.32. The van der Waals surface area contributed by atoms with Crippen LogP contribution in [0, 0.1) is 5.41 Å². The Hall–Kier alpha value is -3.91. The molecule has 7 nitrogen and oxygen atoms in total. The molecular weight excluding hydrogens is 422 g/mol. The van der Waals surface area contributed by atoms with Crippen LogP contribution in [-0.2, 0) is 11.2 Å². The number of ether oxygens (including phenoxy) is 1. The number of amidine groups is 2. The molecule has 0 radical (unpaired) electrons. The Morgan fingerprint density at radius 1 is 1.09 bits per heavy atom. The van der Waals surface area contributed by atoms with Gasteiger partial charge in [-0.05, 0) is 47.7 Å². The summed E-state index contributed by atoms with van der Waals surface area (Å²) in [5.41, 5.74) is 2.95. The van der Waals surface area contributed by atoms with E-state index in [-0.39, 0.29) is 11.4 Å². The van der Waals surface area contributed by atoms with Gasteiger partial charge in [-0.2, -0.15) is 15.1 Å². The highest BCUT2D eigenvalue weighted by molar-refractivity contribution is 8.26. The van der Waals surface area contributed by atoms with E-state index in [1.165, 1.54) is 16.8 Å². The van der Waals surface area contributed by atoms with E-state index in [2.05, 4.69) is 10.1 Å². The third-order valence-electron chi connectivity index (χ3n) is 5.10. The molecule has 1 aromatic heterocycles. The molecule has 3 heterocycles. The second-order valence-electron chi connectivity index (χ2n) is 7.18. The number of carbonyl (C=O) groups is 1. The van der Waals surface area contributed by atoms with Gasteiger partial charge in [0, 0.05) is 30.1 Å². The first-order valence-corrected chi connectivity index (χ1v) is 10.8. The van der Waals surface area contributed by atoms with Gasteiger partial charge >= 0.3 is 0 Å². The maximum atomic E-state index is 12.8. The van der Waals surface area contributed by atoms with Gasteiger partial charge in [0.05, 0.1) is 12.7 Å². The molecule has 3 aromatic rings. The molecule has 0 bridgehead atoms. The highest BCUT2D eigenvalue weighted by Gasteiger charge is 2.35. The third kappa shape index (κ3) is 3.76. The lowest BCUT2D eigenvalue weighted by atomic mass is 10.1. The molecule has 158 valence electrons. The van der Waals surface area contributed by atoms with Crippen molar-refractivity contribution in [2.45, 2.75) is 6.42 Å². The first kappa shape index (κ1) is 20.0. The SMILES string of the molecule is COc1cccc(-n2cccc2/C=C2\C(=N)N3N=C(Cc4ccccc4)SC3=NC2=O)c1. The molecule has 1 amide bonds. The molecule has 2 aromatic carbocycles. The van der Waals surface area contributed by atoms with E-state index in [1.54, 1.807) is 13.2 Å². The first-order chi connectivity index (χ1) is 15.6. The number of aromatic nitrogens is 1. The topological polar surface area (TPSA) is 83.0 Å². The molecule has 0 unspecified atom stereocenters. The molecule has 2 aliphatic heterocycles. The van der Waals surface area contributed by atoms with E-state index < -0.39 is 5.91 Å². The van der Waals surface area contributed by atoms with E-state index in [1.807, 2.05) is 77.5 Å². The van der Waals surface area contributed by atoms with E-state index in [9.17, 15) is 4.79 Å². The Morgan fingerprint density at radius 3 is 2.75 bits per heavy atom. The summed E-state index contributed by atoms with van der Waals surface area (Å²) in [6.07, 6.45) is 4.20. The maximum absolute atomic E-state index is 12.8. The van der Waals surface area contributed by atoms with Crippen LogP contribution in [0.4, 0.5) is 0 Å².